The molecule has 0 atom stereocenters. The zero-order valence-corrected chi connectivity index (χ0v) is 19.7. The largest absolute Gasteiger partial charge is 0.493 e. The van der Waals surface area contributed by atoms with E-state index in [0.717, 1.165) is 4.90 Å². The highest BCUT2D eigenvalue weighted by Crippen LogP contribution is 2.32. The Hall–Kier alpha value is -3.11. The molecule has 0 radical (unpaired) electrons. The van der Waals surface area contributed by atoms with Gasteiger partial charge in [-0.25, -0.2) is 0 Å². The fraction of sp³-hybridized carbons (Fsp3) is 0.480. The van der Waals surface area contributed by atoms with Gasteiger partial charge in [-0.3, -0.25) is 14.5 Å². The molecule has 0 fully saturated rings. The van der Waals surface area contributed by atoms with E-state index in [-0.39, 0.29) is 18.2 Å². The number of amides is 2. The number of imide groups is 1. The molecule has 1 aliphatic rings. The van der Waals surface area contributed by atoms with Crippen molar-refractivity contribution in [1.29, 1.82) is 5.26 Å². The number of methoxy groups -OCH3 is 1. The first-order valence-electron chi connectivity index (χ1n) is 10.8. The maximum absolute atomic E-state index is 13.1. The van der Waals surface area contributed by atoms with E-state index in [2.05, 4.69) is 13.8 Å². The van der Waals surface area contributed by atoms with E-state index in [1.165, 1.54) is 0 Å². The molecule has 2 rings (SSSR count). The summed E-state index contributed by atoms with van der Waals surface area (Å²) in [6.07, 6.45) is 2.24. The van der Waals surface area contributed by atoms with Gasteiger partial charge in [0.25, 0.3) is 11.8 Å². The first kappa shape index (κ1) is 25.2. The van der Waals surface area contributed by atoms with E-state index in [1.807, 2.05) is 26.0 Å². The molecule has 172 valence electrons. The third kappa shape index (κ3) is 6.21. The molecule has 0 saturated carbocycles. The molecule has 0 saturated heterocycles. The van der Waals surface area contributed by atoms with Crippen molar-refractivity contribution in [1.82, 2.24) is 4.90 Å². The van der Waals surface area contributed by atoms with Crippen LogP contribution in [0, 0.1) is 17.2 Å². The molecular weight excluding hydrogens is 408 g/mol. The Morgan fingerprint density at radius 1 is 1.12 bits per heavy atom. The van der Waals surface area contributed by atoms with Crippen molar-refractivity contribution in [3.05, 3.63) is 40.5 Å². The quantitative estimate of drug-likeness (QED) is 0.309. The minimum absolute atomic E-state index is 0.0236. The van der Waals surface area contributed by atoms with Crippen LogP contribution in [0.3, 0.4) is 0 Å². The Balaban J connectivity index is 2.35. The van der Waals surface area contributed by atoms with Crippen LogP contribution >= 0.6 is 0 Å². The highest BCUT2D eigenvalue weighted by molar-refractivity contribution is 6.19. The van der Waals surface area contributed by atoms with Crippen LogP contribution in [0.5, 0.6) is 11.5 Å². The Labute approximate surface area is 190 Å². The van der Waals surface area contributed by atoms with Crippen molar-refractivity contribution in [2.45, 2.75) is 47.1 Å². The van der Waals surface area contributed by atoms with Gasteiger partial charge in [-0.2, -0.15) is 5.26 Å². The number of benzene rings is 1. The second-order valence-electron chi connectivity index (χ2n) is 8.32. The van der Waals surface area contributed by atoms with Gasteiger partial charge in [0.2, 0.25) is 0 Å². The van der Waals surface area contributed by atoms with Gasteiger partial charge in [-0.15, -0.1) is 0 Å². The summed E-state index contributed by atoms with van der Waals surface area (Å²) in [5.74, 6) is 0.546. The van der Waals surface area contributed by atoms with Crippen LogP contribution in [0.1, 0.15) is 46.6 Å². The second-order valence-corrected chi connectivity index (χ2v) is 8.32. The molecule has 1 aromatic rings. The van der Waals surface area contributed by atoms with E-state index in [9.17, 15) is 14.9 Å². The number of carbonyl (C=O) groups is 2. The summed E-state index contributed by atoms with van der Waals surface area (Å²) in [5, 5.41) is 9.53. The lowest BCUT2D eigenvalue weighted by molar-refractivity contribution is -0.140. The van der Waals surface area contributed by atoms with Gasteiger partial charge >= 0.3 is 0 Å². The fourth-order valence-electron chi connectivity index (χ4n) is 3.19. The highest BCUT2D eigenvalue weighted by Gasteiger charge is 2.35. The lowest BCUT2D eigenvalue weighted by Gasteiger charge is -2.27. The Kier molecular flexibility index (Phi) is 9.03. The van der Waals surface area contributed by atoms with Crippen molar-refractivity contribution in [3.8, 4) is 17.6 Å². The van der Waals surface area contributed by atoms with E-state index >= 15 is 0 Å². The molecule has 1 aromatic carbocycles. The Bertz CT molecular complexity index is 954. The third-order valence-electron chi connectivity index (χ3n) is 4.87. The van der Waals surface area contributed by atoms with E-state index in [1.54, 1.807) is 32.2 Å². The summed E-state index contributed by atoms with van der Waals surface area (Å²) < 4.78 is 16.7. The predicted molar refractivity (Wildman–Crippen MR) is 122 cm³/mol. The van der Waals surface area contributed by atoms with E-state index in [0.29, 0.717) is 53.8 Å². The predicted octanol–water partition coefficient (Wildman–Crippen LogP) is 4.14. The van der Waals surface area contributed by atoms with Gasteiger partial charge in [0, 0.05) is 18.7 Å². The van der Waals surface area contributed by atoms with Crippen LogP contribution in [0.25, 0.3) is 6.08 Å². The summed E-state index contributed by atoms with van der Waals surface area (Å²) in [6, 6.07) is 7.33. The average Bonchev–Trinajstić information content (AvgIpc) is 2.75. The van der Waals surface area contributed by atoms with Gasteiger partial charge in [-0.1, -0.05) is 19.9 Å². The fourth-order valence-corrected chi connectivity index (χ4v) is 3.19. The van der Waals surface area contributed by atoms with Crippen molar-refractivity contribution in [2.24, 2.45) is 5.92 Å². The van der Waals surface area contributed by atoms with Crippen molar-refractivity contribution in [3.63, 3.8) is 0 Å². The number of nitrogens with zero attached hydrogens (tertiary/aromatic N) is 2. The average molecular weight is 441 g/mol. The summed E-state index contributed by atoms with van der Waals surface area (Å²) in [6.45, 7) is 10.8. The van der Waals surface area contributed by atoms with Crippen molar-refractivity contribution >= 4 is 17.9 Å². The van der Waals surface area contributed by atoms with Crippen LogP contribution in [0.2, 0.25) is 0 Å². The summed E-state index contributed by atoms with van der Waals surface area (Å²) in [7, 11) is 1.55. The molecular formula is C25H32N2O5. The second kappa shape index (κ2) is 11.5. The first-order chi connectivity index (χ1) is 15.2. The number of hydrogen-bond donors (Lipinski definition) is 0. The van der Waals surface area contributed by atoms with Crippen molar-refractivity contribution in [2.75, 3.05) is 26.9 Å². The van der Waals surface area contributed by atoms with Gasteiger partial charge < -0.3 is 14.2 Å². The topological polar surface area (TPSA) is 88.9 Å². The minimum Gasteiger partial charge on any atom is -0.493 e. The number of nitriles is 1. The lowest BCUT2D eigenvalue weighted by Crippen LogP contribution is -2.43. The molecule has 2 amide bonds. The monoisotopic (exact) mass is 440 g/mol. The standard InChI is InChI=1S/C25H32N2O5/c1-16(2)15-32-22-9-8-19(13-23(22)30-6)12-20-18(5)21(14-26)25(29)27(24(20)28)10-7-11-31-17(3)4/h8-9,12-13,16-17H,7,10-11,15H2,1-6H3/b20-12+. The number of ether oxygens (including phenoxy) is 3. The molecule has 7 nitrogen and oxygen atoms in total. The molecule has 0 spiro atoms. The molecule has 0 aliphatic carbocycles. The number of rotatable bonds is 10. The smallest absolute Gasteiger partial charge is 0.271 e. The Morgan fingerprint density at radius 3 is 2.44 bits per heavy atom. The number of carbonyl (C=O) groups excluding carboxylic acids is 2. The van der Waals surface area contributed by atoms with E-state index < -0.39 is 11.8 Å². The summed E-state index contributed by atoms with van der Waals surface area (Å²) >= 11 is 0. The normalized spacial score (nSPS) is 15.7. The molecule has 32 heavy (non-hydrogen) atoms. The van der Waals surface area contributed by atoms with Gasteiger partial charge in [0.05, 0.1) is 19.8 Å². The van der Waals surface area contributed by atoms with Gasteiger partial charge in [0.1, 0.15) is 11.6 Å². The zero-order chi connectivity index (χ0) is 23.8. The van der Waals surface area contributed by atoms with Gasteiger partial charge in [-0.05, 0) is 62.5 Å². The van der Waals surface area contributed by atoms with Crippen LogP contribution in [0.4, 0.5) is 0 Å². The first-order valence-corrected chi connectivity index (χ1v) is 10.8. The molecule has 0 unspecified atom stereocenters. The third-order valence-corrected chi connectivity index (χ3v) is 4.87. The van der Waals surface area contributed by atoms with Gasteiger partial charge in [0.15, 0.2) is 11.5 Å². The lowest BCUT2D eigenvalue weighted by atomic mass is 9.93. The number of hydrogen-bond acceptors (Lipinski definition) is 6. The summed E-state index contributed by atoms with van der Waals surface area (Å²) in [5.41, 5.74) is 1.36. The molecule has 0 aromatic heterocycles. The maximum atomic E-state index is 13.1. The minimum atomic E-state index is -0.563. The molecule has 1 heterocycles. The van der Waals surface area contributed by atoms with Crippen molar-refractivity contribution < 1.29 is 23.8 Å². The zero-order valence-electron chi connectivity index (χ0n) is 19.7. The summed E-state index contributed by atoms with van der Waals surface area (Å²) in [4.78, 5) is 27.0. The van der Waals surface area contributed by atoms with Crippen LogP contribution in [-0.2, 0) is 14.3 Å². The van der Waals surface area contributed by atoms with E-state index in [4.69, 9.17) is 14.2 Å². The van der Waals surface area contributed by atoms with Crippen LogP contribution in [0.15, 0.2) is 34.9 Å². The van der Waals surface area contributed by atoms with Crippen LogP contribution in [-0.4, -0.2) is 49.7 Å². The molecule has 1 aliphatic heterocycles. The maximum Gasteiger partial charge on any atom is 0.271 e. The van der Waals surface area contributed by atoms with Crippen LogP contribution < -0.4 is 9.47 Å². The SMILES string of the molecule is COc1cc(/C=C2/C(=O)N(CCCOC(C)C)C(=O)C(C#N)=C2C)ccc1OCC(C)C. The highest BCUT2D eigenvalue weighted by atomic mass is 16.5. The molecule has 0 N–H and O–H groups in total. The molecule has 0 bridgehead atoms. The Morgan fingerprint density at radius 2 is 1.84 bits per heavy atom. The molecule has 7 heteroatoms.